The van der Waals surface area contributed by atoms with Crippen LogP contribution in [0.3, 0.4) is 0 Å². The molecule has 2 aromatic rings. The van der Waals surface area contributed by atoms with Crippen molar-refractivity contribution >= 4 is 17.7 Å². The number of hydrazine groups is 1. The summed E-state index contributed by atoms with van der Waals surface area (Å²) in [6.07, 6.45) is -4.79. The van der Waals surface area contributed by atoms with Crippen LogP contribution in [0.5, 0.6) is 0 Å². The van der Waals surface area contributed by atoms with Crippen molar-refractivity contribution in [1.82, 2.24) is 10.4 Å². The summed E-state index contributed by atoms with van der Waals surface area (Å²) in [5.74, 6) is -2.12. The van der Waals surface area contributed by atoms with Gasteiger partial charge in [0.05, 0.1) is 18.6 Å². The first-order chi connectivity index (χ1) is 12.7. The third-order valence-electron chi connectivity index (χ3n) is 3.46. The predicted molar refractivity (Wildman–Crippen MR) is 91.8 cm³/mol. The van der Waals surface area contributed by atoms with Gasteiger partial charge in [-0.05, 0) is 25.5 Å². The Hall–Kier alpha value is -3.10. The van der Waals surface area contributed by atoms with Crippen LogP contribution in [-0.4, -0.2) is 23.5 Å². The minimum atomic E-state index is -4.79. The van der Waals surface area contributed by atoms with E-state index in [0.29, 0.717) is 0 Å². The zero-order valence-electron chi connectivity index (χ0n) is 14.7. The minimum absolute atomic E-state index is 0.000519. The van der Waals surface area contributed by atoms with E-state index in [1.165, 1.54) is 13.8 Å². The third kappa shape index (κ3) is 5.44. The topological polar surface area (TPSA) is 80.3 Å². The summed E-state index contributed by atoms with van der Waals surface area (Å²) in [5, 5.41) is 0. The number of pyridine rings is 1. The van der Waals surface area contributed by atoms with Gasteiger partial charge in [0, 0.05) is 5.69 Å². The molecule has 1 aromatic heterocycles. The predicted octanol–water partition coefficient (Wildman–Crippen LogP) is 3.27. The van der Waals surface area contributed by atoms with E-state index < -0.39 is 35.0 Å². The van der Waals surface area contributed by atoms with Crippen LogP contribution in [0.2, 0.25) is 0 Å². The van der Waals surface area contributed by atoms with Crippen LogP contribution in [0.4, 0.5) is 19.0 Å². The monoisotopic (exact) mass is 381 g/mol. The molecule has 1 heterocycles. The molecule has 27 heavy (non-hydrogen) atoms. The zero-order chi connectivity index (χ0) is 20.0. The number of halogens is 3. The maximum atomic E-state index is 13.3. The molecular formula is C18H18F3N3O3. The fourth-order valence-corrected chi connectivity index (χ4v) is 2.35. The maximum Gasteiger partial charge on any atom is 0.417 e. The quantitative estimate of drug-likeness (QED) is 0.593. The number of hydrogen-bond acceptors (Lipinski definition) is 5. The molecule has 0 bridgehead atoms. The highest BCUT2D eigenvalue weighted by Gasteiger charge is 2.38. The van der Waals surface area contributed by atoms with Gasteiger partial charge in [0.15, 0.2) is 5.82 Å². The van der Waals surface area contributed by atoms with Crippen LogP contribution in [0, 0.1) is 6.92 Å². The van der Waals surface area contributed by atoms with E-state index in [9.17, 15) is 22.8 Å². The lowest BCUT2D eigenvalue weighted by molar-refractivity contribution is -0.138. The van der Waals surface area contributed by atoms with E-state index in [4.69, 9.17) is 4.74 Å². The number of ether oxygens (including phenoxy) is 1. The summed E-state index contributed by atoms with van der Waals surface area (Å²) in [7, 11) is 0. The van der Waals surface area contributed by atoms with Crippen LogP contribution in [0.1, 0.15) is 34.1 Å². The van der Waals surface area contributed by atoms with Gasteiger partial charge in [-0.25, -0.2) is 9.78 Å². The molecule has 0 radical (unpaired) electrons. The molecule has 1 amide bonds. The molecule has 144 valence electrons. The summed E-state index contributed by atoms with van der Waals surface area (Å²) in [5.41, 5.74) is 3.35. The van der Waals surface area contributed by atoms with Gasteiger partial charge in [-0.15, -0.1) is 0 Å². The average molecular weight is 381 g/mol. The van der Waals surface area contributed by atoms with Crippen molar-refractivity contribution in [3.8, 4) is 0 Å². The zero-order valence-corrected chi connectivity index (χ0v) is 14.7. The molecule has 0 fully saturated rings. The molecule has 2 rings (SSSR count). The molecule has 0 saturated carbocycles. The molecule has 6 nitrogen and oxygen atoms in total. The summed E-state index contributed by atoms with van der Waals surface area (Å²) >= 11 is 0. The van der Waals surface area contributed by atoms with Crippen LogP contribution in [0.25, 0.3) is 0 Å². The lowest BCUT2D eigenvalue weighted by atomic mass is 10.1. The number of nitrogens with zero attached hydrogens (tertiary/aromatic N) is 1. The van der Waals surface area contributed by atoms with Gasteiger partial charge in [-0.2, -0.15) is 13.2 Å². The smallest absolute Gasteiger partial charge is 0.417 e. The van der Waals surface area contributed by atoms with Gasteiger partial charge in [0.2, 0.25) is 5.91 Å². The second-order valence-electron chi connectivity index (χ2n) is 5.59. The molecule has 9 heteroatoms. The van der Waals surface area contributed by atoms with Crippen molar-refractivity contribution in [3.05, 3.63) is 58.8 Å². The molecule has 0 aliphatic rings. The van der Waals surface area contributed by atoms with Crippen LogP contribution in [-0.2, 0) is 22.1 Å². The first-order valence-corrected chi connectivity index (χ1v) is 8.07. The Morgan fingerprint density at radius 1 is 1.19 bits per heavy atom. The molecule has 0 atom stereocenters. The Morgan fingerprint density at radius 3 is 2.44 bits per heavy atom. The number of anilines is 1. The molecule has 0 aliphatic carbocycles. The van der Waals surface area contributed by atoms with E-state index in [-0.39, 0.29) is 18.7 Å². The van der Waals surface area contributed by atoms with E-state index >= 15 is 0 Å². The molecule has 0 spiro atoms. The molecule has 0 unspecified atom stereocenters. The molecule has 0 saturated heterocycles. The van der Waals surface area contributed by atoms with Crippen LogP contribution in [0.15, 0.2) is 36.4 Å². The Bertz CT molecular complexity index is 824. The SMILES string of the molecule is CCOC(=O)c1c(C(F)(F)F)cc(C)nc1NNC(=O)Cc1ccccc1. The number of carbonyl (C=O) groups is 2. The lowest BCUT2D eigenvalue weighted by Crippen LogP contribution is -2.33. The first kappa shape index (κ1) is 20.2. The Balaban J connectivity index is 2.28. The number of alkyl halides is 3. The fraction of sp³-hybridized carbons (Fsp3) is 0.278. The van der Waals surface area contributed by atoms with Crippen LogP contribution < -0.4 is 10.9 Å². The van der Waals surface area contributed by atoms with E-state index in [0.717, 1.165) is 11.6 Å². The molecule has 2 N–H and O–H groups in total. The summed E-state index contributed by atoms with van der Waals surface area (Å²) in [6, 6.07) is 9.52. The number of carbonyl (C=O) groups excluding carboxylic acids is 2. The van der Waals surface area contributed by atoms with E-state index in [1.54, 1.807) is 30.3 Å². The summed E-state index contributed by atoms with van der Waals surface area (Å²) in [4.78, 5) is 28.0. The second-order valence-corrected chi connectivity index (χ2v) is 5.59. The van der Waals surface area contributed by atoms with Gasteiger partial charge in [0.25, 0.3) is 0 Å². The number of rotatable bonds is 6. The second kappa shape index (κ2) is 8.52. The average Bonchev–Trinajstić information content (AvgIpc) is 2.59. The number of aromatic nitrogens is 1. The summed E-state index contributed by atoms with van der Waals surface area (Å²) in [6.45, 7) is 2.71. The number of nitrogens with one attached hydrogen (secondary N) is 2. The van der Waals surface area contributed by atoms with Crippen molar-refractivity contribution < 1.29 is 27.5 Å². The lowest BCUT2D eigenvalue weighted by Gasteiger charge is -2.17. The summed E-state index contributed by atoms with van der Waals surface area (Å²) < 4.78 is 44.7. The first-order valence-electron chi connectivity index (χ1n) is 8.07. The highest BCUT2D eigenvalue weighted by molar-refractivity contribution is 5.97. The number of hydrogen-bond donors (Lipinski definition) is 2. The standard InChI is InChI=1S/C18H18F3N3O3/c1-3-27-17(26)15-13(18(19,20)21)9-11(2)22-16(15)24-23-14(25)10-12-7-5-4-6-8-12/h4-9H,3,10H2,1-2H3,(H,22,24)(H,23,25). The van der Waals surface area contributed by atoms with Crippen molar-refractivity contribution in [2.75, 3.05) is 12.0 Å². The largest absolute Gasteiger partial charge is 0.462 e. The minimum Gasteiger partial charge on any atom is -0.462 e. The van der Waals surface area contributed by atoms with Crippen molar-refractivity contribution in [1.29, 1.82) is 0 Å². The normalized spacial score (nSPS) is 11.0. The van der Waals surface area contributed by atoms with Crippen molar-refractivity contribution in [3.63, 3.8) is 0 Å². The Kier molecular flexibility index (Phi) is 6.38. The number of benzene rings is 1. The van der Waals surface area contributed by atoms with Gasteiger partial charge >= 0.3 is 12.1 Å². The molecule has 0 aliphatic heterocycles. The van der Waals surface area contributed by atoms with Gasteiger partial charge < -0.3 is 4.74 Å². The van der Waals surface area contributed by atoms with Crippen molar-refractivity contribution in [2.24, 2.45) is 0 Å². The Labute approximate surface area is 153 Å². The maximum absolute atomic E-state index is 13.3. The van der Waals surface area contributed by atoms with Crippen LogP contribution >= 0.6 is 0 Å². The molecular weight excluding hydrogens is 363 g/mol. The third-order valence-corrected chi connectivity index (χ3v) is 3.46. The van der Waals surface area contributed by atoms with Gasteiger partial charge in [0.1, 0.15) is 5.56 Å². The number of amides is 1. The fourth-order valence-electron chi connectivity index (χ4n) is 2.35. The van der Waals surface area contributed by atoms with E-state index in [2.05, 4.69) is 15.8 Å². The number of aryl methyl sites for hydroxylation is 1. The van der Waals surface area contributed by atoms with Gasteiger partial charge in [-0.1, -0.05) is 30.3 Å². The Morgan fingerprint density at radius 2 is 1.85 bits per heavy atom. The highest BCUT2D eigenvalue weighted by Crippen LogP contribution is 2.35. The molecule has 1 aromatic carbocycles. The van der Waals surface area contributed by atoms with E-state index in [1.807, 2.05) is 0 Å². The highest BCUT2D eigenvalue weighted by atomic mass is 19.4. The number of esters is 1. The van der Waals surface area contributed by atoms with Crippen molar-refractivity contribution in [2.45, 2.75) is 26.4 Å². The van der Waals surface area contributed by atoms with Gasteiger partial charge in [-0.3, -0.25) is 15.6 Å².